The van der Waals surface area contributed by atoms with E-state index in [0.29, 0.717) is 6.67 Å². The average molecular weight is 1130 g/mol. The Bertz CT molecular complexity index is 4700. The number of anilines is 4. The Kier molecular flexibility index (Phi) is 12.9. The van der Waals surface area contributed by atoms with E-state index in [1.165, 1.54) is 55.3 Å². The fourth-order valence-electron chi connectivity index (χ4n) is 13.7. The van der Waals surface area contributed by atoms with Gasteiger partial charge in [-0.25, -0.2) is 4.98 Å². The van der Waals surface area contributed by atoms with Crippen LogP contribution in [0.1, 0.15) is 26.3 Å². The molecule has 0 radical (unpaired) electrons. The van der Waals surface area contributed by atoms with Crippen LogP contribution in [0.3, 0.4) is 0 Å². The second kappa shape index (κ2) is 21.5. The van der Waals surface area contributed by atoms with Crippen molar-refractivity contribution in [3.63, 3.8) is 0 Å². The van der Waals surface area contributed by atoms with Crippen LogP contribution in [0, 0.1) is 0 Å². The first-order chi connectivity index (χ1) is 43.3. The van der Waals surface area contributed by atoms with E-state index in [-0.39, 0.29) is 12.1 Å². The Morgan fingerprint density at radius 3 is 1.43 bits per heavy atom. The highest BCUT2D eigenvalue weighted by atomic mass is 16.5. The van der Waals surface area contributed by atoms with Gasteiger partial charge in [-0.3, -0.25) is 4.57 Å². The molecule has 0 amide bonds. The molecule has 12 aromatic carbocycles. The molecule has 0 saturated heterocycles. The molecule has 2 aromatic heterocycles. The van der Waals surface area contributed by atoms with E-state index in [1.807, 2.05) is 6.20 Å². The summed E-state index contributed by atoms with van der Waals surface area (Å²) in [4.78, 5) is 10.1. The van der Waals surface area contributed by atoms with Gasteiger partial charge in [-0.1, -0.05) is 232 Å². The molecule has 0 saturated carbocycles. The van der Waals surface area contributed by atoms with Crippen LogP contribution in [-0.2, 0) is 5.41 Å². The van der Waals surface area contributed by atoms with Crippen molar-refractivity contribution < 1.29 is 4.74 Å². The highest BCUT2D eigenvalue weighted by molar-refractivity contribution is 6.98. The molecule has 5 nitrogen and oxygen atoms in total. The number of rotatable bonds is 11. The average Bonchev–Trinajstić information content (AvgIpc) is 1.68. The van der Waals surface area contributed by atoms with Crippen LogP contribution < -0.4 is 30.9 Å². The Balaban J connectivity index is 0.892. The van der Waals surface area contributed by atoms with Crippen LogP contribution in [-0.4, -0.2) is 22.9 Å². The smallest absolute Gasteiger partial charge is 0.246 e. The molecular formula is C82H61BN4O. The van der Waals surface area contributed by atoms with Crippen molar-refractivity contribution in [2.24, 2.45) is 0 Å². The van der Waals surface area contributed by atoms with Crippen molar-refractivity contribution in [2.45, 2.75) is 26.2 Å². The maximum atomic E-state index is 7.14. The highest BCUT2D eigenvalue weighted by Gasteiger charge is 2.42. The summed E-state index contributed by atoms with van der Waals surface area (Å²) < 4.78 is 9.42. The number of nitrogens with zero attached hydrogens (tertiary/aromatic N) is 4. The first-order valence-electron chi connectivity index (χ1n) is 30.5. The predicted molar refractivity (Wildman–Crippen MR) is 370 cm³/mol. The second-order valence-electron chi connectivity index (χ2n) is 24.3. The molecule has 6 heteroatoms. The summed E-state index contributed by atoms with van der Waals surface area (Å²) in [6, 6.07) is 109. The van der Waals surface area contributed by atoms with Crippen LogP contribution in [0.15, 0.2) is 303 Å². The fourth-order valence-corrected chi connectivity index (χ4v) is 13.7. The first kappa shape index (κ1) is 52.6. The lowest BCUT2D eigenvalue weighted by Gasteiger charge is -2.33. The zero-order valence-electron chi connectivity index (χ0n) is 49.3. The Hall–Kier alpha value is -10.9. The third-order valence-electron chi connectivity index (χ3n) is 17.9. The van der Waals surface area contributed by atoms with Crippen molar-refractivity contribution in [3.05, 3.63) is 309 Å². The molecule has 0 fully saturated rings. The summed E-state index contributed by atoms with van der Waals surface area (Å²) >= 11 is 0. The van der Waals surface area contributed by atoms with Crippen LogP contribution in [0.2, 0.25) is 0 Å². The van der Waals surface area contributed by atoms with Gasteiger partial charge in [-0.05, 0) is 156 Å². The summed E-state index contributed by atoms with van der Waals surface area (Å²) in [5.74, 6) is 2.40. The number of hydrogen-bond donors (Lipinski definition) is 0. The van der Waals surface area contributed by atoms with E-state index in [1.54, 1.807) is 0 Å². The molecular weight excluding hydrogens is 1070 g/mol. The standard InChI is InChI=1S/C82H61BN4O/c1-82(2,3)65-43-44-84-79(51-65)87-75-37-20-19-33-71(75)72-41-39-67(52-77(72)87)88-68-40-42-73-78(53-68)86-54-85(76-38-22-36-74(81(76)86)83(73)66-31-17-8-18-32-66)80-69(63-47-59(55-23-9-4-10-24-55)45-60(48-63)56-25-11-5-12-26-56)34-21-35-70(80)64-49-61(57-27-13-6-14-28-57)46-62(50-64)58-29-15-7-16-30-58/h4-53H,54H2,1-3H3. The van der Waals surface area contributed by atoms with Gasteiger partial charge in [-0.15, -0.1) is 0 Å². The third-order valence-corrected chi connectivity index (χ3v) is 17.9. The SMILES string of the molecule is CC(C)(C)c1ccnc(-n2c3ccccc3c3ccc(Oc4ccc5c(c4)N4CN(c6c(-c7cc(-c8ccccc8)cc(-c8ccccc8)c7)cccc6-c6cc(-c7ccccc7)cc(-c7ccccc7)c6)c6cccc(c64)B5c4ccccc4)cc32)c1. The fraction of sp³-hybridized carbons (Fsp3) is 0.0610. The maximum Gasteiger partial charge on any atom is 0.246 e. The molecule has 2 aliphatic heterocycles. The van der Waals surface area contributed by atoms with Gasteiger partial charge in [0.1, 0.15) is 24.0 Å². The molecule has 88 heavy (non-hydrogen) atoms. The topological polar surface area (TPSA) is 33.5 Å². The predicted octanol–water partition coefficient (Wildman–Crippen LogP) is 19.3. The number of benzene rings is 12. The Morgan fingerprint density at radius 2 is 0.852 bits per heavy atom. The number of hydrogen-bond acceptors (Lipinski definition) is 4. The van der Waals surface area contributed by atoms with E-state index in [9.17, 15) is 0 Å². The third kappa shape index (κ3) is 9.33. The summed E-state index contributed by atoms with van der Waals surface area (Å²) in [5.41, 5.74) is 25.5. The zero-order valence-corrected chi connectivity index (χ0v) is 49.3. The van der Waals surface area contributed by atoms with Gasteiger partial charge in [0.15, 0.2) is 0 Å². The summed E-state index contributed by atoms with van der Waals surface area (Å²) in [7, 11) is 0. The maximum absolute atomic E-state index is 7.14. The van der Waals surface area contributed by atoms with E-state index < -0.39 is 0 Å². The molecule has 16 rings (SSSR count). The number of fused-ring (bicyclic) bond motifs is 5. The molecule has 0 unspecified atom stereocenters. The van der Waals surface area contributed by atoms with Crippen LogP contribution in [0.25, 0.3) is 94.4 Å². The first-order valence-corrected chi connectivity index (χ1v) is 30.5. The molecule has 418 valence electrons. The van der Waals surface area contributed by atoms with Crippen molar-refractivity contribution >= 4 is 67.7 Å². The minimum absolute atomic E-state index is 0.0403. The van der Waals surface area contributed by atoms with Crippen molar-refractivity contribution in [2.75, 3.05) is 16.5 Å². The highest BCUT2D eigenvalue weighted by Crippen LogP contribution is 2.52. The Labute approximate surface area is 514 Å². The molecule has 14 aromatic rings. The molecule has 0 atom stereocenters. The number of para-hydroxylation sites is 3. The van der Waals surface area contributed by atoms with Gasteiger partial charge >= 0.3 is 0 Å². The molecule has 2 aliphatic rings. The van der Waals surface area contributed by atoms with Gasteiger partial charge in [0.05, 0.1) is 28.1 Å². The minimum Gasteiger partial charge on any atom is -0.457 e. The lowest BCUT2D eigenvalue weighted by Crippen LogP contribution is -2.57. The minimum atomic E-state index is -0.0435. The van der Waals surface area contributed by atoms with Gasteiger partial charge < -0.3 is 14.5 Å². The summed E-state index contributed by atoms with van der Waals surface area (Å²) in [6.07, 6.45) is 1.94. The quantitative estimate of drug-likeness (QED) is 0.121. The van der Waals surface area contributed by atoms with Crippen LogP contribution in [0.5, 0.6) is 11.5 Å². The van der Waals surface area contributed by atoms with Gasteiger partial charge in [0, 0.05) is 45.9 Å². The summed E-state index contributed by atoms with van der Waals surface area (Å²) in [6.45, 7) is 7.26. The zero-order chi connectivity index (χ0) is 58.9. The number of aromatic nitrogens is 2. The largest absolute Gasteiger partial charge is 0.457 e. The monoisotopic (exact) mass is 1130 g/mol. The van der Waals surface area contributed by atoms with Crippen LogP contribution >= 0.6 is 0 Å². The lowest BCUT2D eigenvalue weighted by atomic mass is 9.35. The summed E-state index contributed by atoms with van der Waals surface area (Å²) in [5, 5.41) is 2.32. The normalized spacial score (nSPS) is 12.6. The van der Waals surface area contributed by atoms with E-state index in [4.69, 9.17) is 9.72 Å². The van der Waals surface area contributed by atoms with E-state index >= 15 is 0 Å². The lowest BCUT2D eigenvalue weighted by molar-refractivity contribution is 0.483. The van der Waals surface area contributed by atoms with Gasteiger partial charge in [-0.2, -0.15) is 0 Å². The van der Waals surface area contributed by atoms with E-state index in [2.05, 4.69) is 332 Å². The van der Waals surface area contributed by atoms with Gasteiger partial charge in [0.2, 0.25) is 6.71 Å². The van der Waals surface area contributed by atoms with Crippen LogP contribution in [0.4, 0.5) is 22.7 Å². The number of pyridine rings is 1. The van der Waals surface area contributed by atoms with Gasteiger partial charge in [0.25, 0.3) is 0 Å². The van der Waals surface area contributed by atoms with E-state index in [0.717, 1.165) is 95.3 Å². The molecule has 0 spiro atoms. The van der Waals surface area contributed by atoms with Crippen molar-refractivity contribution in [3.8, 4) is 84.1 Å². The molecule has 0 N–H and O–H groups in total. The Morgan fingerprint density at radius 1 is 0.364 bits per heavy atom. The second-order valence-corrected chi connectivity index (χ2v) is 24.3. The molecule has 4 heterocycles. The van der Waals surface area contributed by atoms with Crippen molar-refractivity contribution in [1.82, 2.24) is 9.55 Å². The number of ether oxygens (including phenoxy) is 1. The molecule has 0 aliphatic carbocycles. The van der Waals surface area contributed by atoms with Crippen molar-refractivity contribution in [1.29, 1.82) is 0 Å². The molecule has 0 bridgehead atoms.